The molecule has 2 aromatic heterocycles. The SMILES string of the molecule is O=C(CNc1cc(Cl)cc(Cl)c1)N1CC2CC(Nc3ncnc4[nH]ncc34)C1C2. The van der Waals surface area contributed by atoms with Crippen molar-refractivity contribution in [2.45, 2.75) is 24.9 Å². The molecular weight excluding hydrogens is 413 g/mol. The van der Waals surface area contributed by atoms with E-state index in [1.807, 2.05) is 4.90 Å². The first-order valence-corrected chi connectivity index (χ1v) is 10.2. The minimum absolute atomic E-state index is 0.0660. The number of nitrogens with zero attached hydrogens (tertiary/aromatic N) is 4. The summed E-state index contributed by atoms with van der Waals surface area (Å²) in [6.07, 6.45) is 5.26. The highest BCUT2D eigenvalue weighted by atomic mass is 35.5. The Labute approximate surface area is 177 Å². The number of aromatic amines is 1. The van der Waals surface area contributed by atoms with Gasteiger partial charge in [-0.2, -0.15) is 5.10 Å². The zero-order chi connectivity index (χ0) is 20.0. The van der Waals surface area contributed by atoms with E-state index in [4.69, 9.17) is 23.2 Å². The largest absolute Gasteiger partial charge is 0.376 e. The molecule has 29 heavy (non-hydrogen) atoms. The molecule has 2 bridgehead atoms. The average molecular weight is 432 g/mol. The Morgan fingerprint density at radius 2 is 2.03 bits per heavy atom. The second-order valence-corrected chi connectivity index (χ2v) is 8.44. The second-order valence-electron chi connectivity index (χ2n) is 7.57. The summed E-state index contributed by atoms with van der Waals surface area (Å²) in [6.45, 7) is 0.997. The molecule has 1 aliphatic heterocycles. The zero-order valence-corrected chi connectivity index (χ0v) is 16.9. The predicted molar refractivity (Wildman–Crippen MR) is 112 cm³/mol. The van der Waals surface area contributed by atoms with Crippen molar-refractivity contribution in [2.24, 2.45) is 5.92 Å². The number of rotatable bonds is 5. The molecule has 1 aromatic carbocycles. The van der Waals surface area contributed by atoms with Gasteiger partial charge in [0.25, 0.3) is 0 Å². The number of likely N-dealkylation sites (tertiary alicyclic amines) is 1. The molecule has 3 N–H and O–H groups in total. The van der Waals surface area contributed by atoms with Crippen LogP contribution in [0.1, 0.15) is 12.8 Å². The van der Waals surface area contributed by atoms with E-state index < -0.39 is 0 Å². The van der Waals surface area contributed by atoms with Crippen LogP contribution in [0.25, 0.3) is 11.0 Å². The number of piperidine rings is 1. The molecule has 2 fully saturated rings. The van der Waals surface area contributed by atoms with Gasteiger partial charge in [0.05, 0.1) is 24.2 Å². The Morgan fingerprint density at radius 1 is 1.21 bits per heavy atom. The van der Waals surface area contributed by atoms with E-state index in [9.17, 15) is 4.79 Å². The van der Waals surface area contributed by atoms with Crippen LogP contribution < -0.4 is 10.6 Å². The fraction of sp³-hybridized carbons (Fsp3) is 0.368. The lowest BCUT2D eigenvalue weighted by molar-refractivity contribution is -0.131. The number of hydrogen-bond acceptors (Lipinski definition) is 6. The van der Waals surface area contributed by atoms with E-state index in [2.05, 4.69) is 30.8 Å². The molecule has 8 nitrogen and oxygen atoms in total. The monoisotopic (exact) mass is 431 g/mol. The Kier molecular flexibility index (Phi) is 4.67. The normalized spacial score (nSPS) is 23.0. The fourth-order valence-corrected chi connectivity index (χ4v) is 4.98. The molecular formula is C19H19Cl2N7O. The summed E-state index contributed by atoms with van der Waals surface area (Å²) >= 11 is 12.1. The molecule has 150 valence electrons. The third-order valence-electron chi connectivity index (χ3n) is 5.68. The average Bonchev–Trinajstić information content (AvgIpc) is 3.41. The van der Waals surface area contributed by atoms with E-state index in [1.165, 1.54) is 6.33 Å². The van der Waals surface area contributed by atoms with Gasteiger partial charge >= 0.3 is 0 Å². The summed E-state index contributed by atoms with van der Waals surface area (Å²) in [5.41, 5.74) is 1.43. The van der Waals surface area contributed by atoms with E-state index >= 15 is 0 Å². The lowest BCUT2D eigenvalue weighted by atomic mass is 10.1. The molecule has 3 aromatic rings. The van der Waals surface area contributed by atoms with Crippen molar-refractivity contribution in [2.75, 3.05) is 23.7 Å². The first kappa shape index (κ1) is 18.4. The van der Waals surface area contributed by atoms with Crippen LogP contribution in [0.4, 0.5) is 11.5 Å². The van der Waals surface area contributed by atoms with Crippen molar-refractivity contribution in [3.63, 3.8) is 0 Å². The van der Waals surface area contributed by atoms with Crippen LogP contribution in [0, 0.1) is 5.92 Å². The molecule has 10 heteroatoms. The number of hydrogen-bond donors (Lipinski definition) is 3. The number of carbonyl (C=O) groups excluding carboxylic acids is 1. The number of halogens is 2. The van der Waals surface area contributed by atoms with Gasteiger partial charge in [0.1, 0.15) is 12.1 Å². The molecule has 0 radical (unpaired) electrons. The maximum absolute atomic E-state index is 12.9. The van der Waals surface area contributed by atoms with Gasteiger partial charge in [-0.3, -0.25) is 9.89 Å². The van der Waals surface area contributed by atoms with Crippen molar-refractivity contribution in [3.05, 3.63) is 40.8 Å². The van der Waals surface area contributed by atoms with Crippen molar-refractivity contribution < 1.29 is 4.79 Å². The maximum Gasteiger partial charge on any atom is 0.242 e. The van der Waals surface area contributed by atoms with Crippen LogP contribution in [-0.2, 0) is 4.79 Å². The van der Waals surface area contributed by atoms with Crippen LogP contribution >= 0.6 is 23.2 Å². The number of carbonyl (C=O) groups is 1. The second kappa shape index (κ2) is 7.35. The van der Waals surface area contributed by atoms with Crippen molar-refractivity contribution in [1.29, 1.82) is 0 Å². The number of anilines is 2. The van der Waals surface area contributed by atoms with Gasteiger partial charge in [0, 0.05) is 28.3 Å². The van der Waals surface area contributed by atoms with Gasteiger partial charge in [0.15, 0.2) is 5.65 Å². The number of amides is 1. The molecule has 1 aliphatic carbocycles. The summed E-state index contributed by atoms with van der Waals surface area (Å²) in [7, 11) is 0. The molecule has 1 saturated carbocycles. The first-order chi connectivity index (χ1) is 14.1. The Balaban J connectivity index is 1.26. The number of fused-ring (bicyclic) bond motifs is 3. The lowest BCUT2D eigenvalue weighted by Gasteiger charge is -2.34. The molecule has 3 atom stereocenters. The summed E-state index contributed by atoms with van der Waals surface area (Å²) in [5.74, 6) is 1.32. The molecule has 0 spiro atoms. The van der Waals surface area contributed by atoms with Gasteiger partial charge < -0.3 is 15.5 Å². The van der Waals surface area contributed by atoms with E-state index in [0.29, 0.717) is 21.6 Å². The third kappa shape index (κ3) is 3.58. The van der Waals surface area contributed by atoms with E-state index in [0.717, 1.165) is 36.3 Å². The van der Waals surface area contributed by atoms with Gasteiger partial charge in [-0.1, -0.05) is 23.2 Å². The van der Waals surface area contributed by atoms with Crippen LogP contribution in [0.3, 0.4) is 0 Å². The van der Waals surface area contributed by atoms with Gasteiger partial charge in [0.2, 0.25) is 5.91 Å². The van der Waals surface area contributed by atoms with E-state index in [-0.39, 0.29) is 24.5 Å². The molecule has 2 aliphatic rings. The number of H-pyrrole nitrogens is 1. The highest BCUT2D eigenvalue weighted by Gasteiger charge is 2.46. The van der Waals surface area contributed by atoms with Crippen molar-refractivity contribution >= 4 is 51.6 Å². The number of aromatic nitrogens is 4. The Hall–Kier alpha value is -2.58. The number of nitrogens with one attached hydrogen (secondary N) is 3. The van der Waals surface area contributed by atoms with Crippen LogP contribution in [-0.4, -0.2) is 56.1 Å². The number of benzene rings is 1. The molecule has 3 heterocycles. The standard InChI is InChI=1S/C19H19Cl2N7O/c20-11-3-12(21)5-13(4-11)22-7-17(29)28-8-10-1-15(16(28)2-10)26-18-14-6-25-27-19(14)24-9-23-18/h3-6,9-10,15-16,22H,1-2,7-8H2,(H2,23,24,25,26,27). The molecule has 3 unspecified atom stereocenters. The highest BCUT2D eigenvalue weighted by molar-refractivity contribution is 6.35. The first-order valence-electron chi connectivity index (χ1n) is 9.47. The smallest absolute Gasteiger partial charge is 0.242 e. The van der Waals surface area contributed by atoms with Gasteiger partial charge in [-0.05, 0) is 37.0 Å². The van der Waals surface area contributed by atoms with Gasteiger partial charge in [-0.15, -0.1) is 0 Å². The topological polar surface area (TPSA) is 98.8 Å². The minimum atomic E-state index is 0.0660. The zero-order valence-electron chi connectivity index (χ0n) is 15.4. The Bertz CT molecular complexity index is 1050. The summed E-state index contributed by atoms with van der Waals surface area (Å²) in [5, 5.41) is 15.5. The Morgan fingerprint density at radius 3 is 2.83 bits per heavy atom. The maximum atomic E-state index is 12.9. The van der Waals surface area contributed by atoms with Crippen molar-refractivity contribution in [1.82, 2.24) is 25.1 Å². The van der Waals surface area contributed by atoms with Crippen molar-refractivity contribution in [3.8, 4) is 0 Å². The summed E-state index contributed by atoms with van der Waals surface area (Å²) < 4.78 is 0. The van der Waals surface area contributed by atoms with Crippen LogP contribution in [0.15, 0.2) is 30.7 Å². The molecule has 1 amide bonds. The fourth-order valence-electron chi connectivity index (χ4n) is 4.46. The highest BCUT2D eigenvalue weighted by Crippen LogP contribution is 2.39. The lowest BCUT2D eigenvalue weighted by Crippen LogP contribution is -2.49. The quantitative estimate of drug-likeness (QED) is 0.573. The predicted octanol–water partition coefficient (Wildman–Crippen LogP) is 3.17. The minimum Gasteiger partial charge on any atom is -0.376 e. The molecule has 1 saturated heterocycles. The molecule has 5 rings (SSSR count). The summed E-state index contributed by atoms with van der Waals surface area (Å²) in [4.78, 5) is 23.4. The van der Waals surface area contributed by atoms with Crippen LogP contribution in [0.2, 0.25) is 10.0 Å². The van der Waals surface area contributed by atoms with Crippen LogP contribution in [0.5, 0.6) is 0 Å². The third-order valence-corrected chi connectivity index (χ3v) is 6.11. The van der Waals surface area contributed by atoms with E-state index in [1.54, 1.807) is 24.4 Å². The summed E-state index contributed by atoms with van der Waals surface area (Å²) in [6, 6.07) is 5.48. The van der Waals surface area contributed by atoms with Gasteiger partial charge in [-0.25, -0.2) is 9.97 Å².